The SMILES string of the molecule is NC(=NCC1=CC=CC1)c1ccccc1. The number of hydrogen-bond acceptors (Lipinski definition) is 1. The average molecular weight is 198 g/mol. The van der Waals surface area contributed by atoms with Gasteiger partial charge in [-0.25, -0.2) is 0 Å². The molecule has 0 bridgehead atoms. The van der Waals surface area contributed by atoms with Crippen molar-refractivity contribution in [3.8, 4) is 0 Å². The Morgan fingerprint density at radius 2 is 2.07 bits per heavy atom. The van der Waals surface area contributed by atoms with Crippen molar-refractivity contribution in [2.24, 2.45) is 10.7 Å². The van der Waals surface area contributed by atoms with Crippen LogP contribution in [-0.4, -0.2) is 12.4 Å². The number of nitrogens with zero attached hydrogens (tertiary/aromatic N) is 1. The first-order valence-electron chi connectivity index (χ1n) is 5.06. The van der Waals surface area contributed by atoms with Crippen molar-refractivity contribution in [2.75, 3.05) is 6.54 Å². The fourth-order valence-electron chi connectivity index (χ4n) is 1.50. The first-order valence-corrected chi connectivity index (χ1v) is 5.06. The van der Waals surface area contributed by atoms with Gasteiger partial charge in [0.1, 0.15) is 5.84 Å². The summed E-state index contributed by atoms with van der Waals surface area (Å²) in [5.41, 5.74) is 8.18. The molecule has 0 unspecified atom stereocenters. The van der Waals surface area contributed by atoms with Crippen LogP contribution in [0.4, 0.5) is 0 Å². The molecule has 0 aliphatic heterocycles. The maximum Gasteiger partial charge on any atom is 0.125 e. The van der Waals surface area contributed by atoms with Gasteiger partial charge >= 0.3 is 0 Å². The first-order chi connectivity index (χ1) is 7.36. The summed E-state index contributed by atoms with van der Waals surface area (Å²) in [6.45, 7) is 0.702. The Labute approximate surface area is 89.8 Å². The van der Waals surface area contributed by atoms with Gasteiger partial charge in [0.2, 0.25) is 0 Å². The van der Waals surface area contributed by atoms with Crippen LogP contribution in [0.25, 0.3) is 0 Å². The first kappa shape index (κ1) is 9.71. The molecule has 15 heavy (non-hydrogen) atoms. The molecule has 1 aliphatic rings. The summed E-state index contributed by atoms with van der Waals surface area (Å²) in [5, 5.41) is 0. The van der Waals surface area contributed by atoms with Gasteiger partial charge in [-0.15, -0.1) is 0 Å². The lowest BCUT2D eigenvalue weighted by molar-refractivity contribution is 1.08. The van der Waals surface area contributed by atoms with Gasteiger partial charge < -0.3 is 5.73 Å². The van der Waals surface area contributed by atoms with Gasteiger partial charge in [0.25, 0.3) is 0 Å². The van der Waals surface area contributed by atoms with E-state index in [2.05, 4.69) is 23.2 Å². The standard InChI is InChI=1S/C13H14N2/c14-13(12-8-2-1-3-9-12)15-10-11-6-4-5-7-11/h1-6,8-9H,7,10H2,(H2,14,15). The maximum atomic E-state index is 5.88. The van der Waals surface area contributed by atoms with Gasteiger partial charge in [-0.1, -0.05) is 48.6 Å². The fraction of sp³-hybridized carbons (Fsp3) is 0.154. The highest BCUT2D eigenvalue weighted by molar-refractivity contribution is 5.97. The Balaban J connectivity index is 2.02. The lowest BCUT2D eigenvalue weighted by Gasteiger charge is -2.01. The van der Waals surface area contributed by atoms with E-state index in [1.54, 1.807) is 0 Å². The molecule has 2 rings (SSSR count). The second-order valence-electron chi connectivity index (χ2n) is 3.52. The minimum Gasteiger partial charge on any atom is -0.383 e. The van der Waals surface area contributed by atoms with Crippen LogP contribution in [0.2, 0.25) is 0 Å². The van der Waals surface area contributed by atoms with E-state index in [1.165, 1.54) is 5.57 Å². The number of hydrogen-bond donors (Lipinski definition) is 1. The van der Waals surface area contributed by atoms with E-state index in [4.69, 9.17) is 5.73 Å². The zero-order valence-corrected chi connectivity index (χ0v) is 8.56. The highest BCUT2D eigenvalue weighted by Crippen LogP contribution is 2.10. The van der Waals surface area contributed by atoms with E-state index in [0.717, 1.165) is 12.0 Å². The van der Waals surface area contributed by atoms with Crippen LogP contribution in [0.15, 0.2) is 59.1 Å². The second-order valence-corrected chi connectivity index (χ2v) is 3.52. The molecule has 0 aromatic heterocycles. The monoisotopic (exact) mass is 198 g/mol. The summed E-state index contributed by atoms with van der Waals surface area (Å²) in [6.07, 6.45) is 7.29. The van der Waals surface area contributed by atoms with Crippen LogP contribution in [0.5, 0.6) is 0 Å². The summed E-state index contributed by atoms with van der Waals surface area (Å²) in [5.74, 6) is 0.614. The van der Waals surface area contributed by atoms with Gasteiger partial charge in [0, 0.05) is 5.56 Å². The number of aliphatic imine (C=N–C) groups is 1. The summed E-state index contributed by atoms with van der Waals surface area (Å²) in [4.78, 5) is 4.36. The van der Waals surface area contributed by atoms with E-state index >= 15 is 0 Å². The Morgan fingerprint density at radius 1 is 1.27 bits per heavy atom. The zero-order valence-electron chi connectivity index (χ0n) is 8.56. The third-order valence-corrected chi connectivity index (χ3v) is 2.37. The molecule has 0 saturated carbocycles. The van der Waals surface area contributed by atoms with Crippen molar-refractivity contribution in [1.82, 2.24) is 0 Å². The van der Waals surface area contributed by atoms with Crippen LogP contribution in [0.3, 0.4) is 0 Å². The smallest absolute Gasteiger partial charge is 0.125 e. The average Bonchev–Trinajstić information content (AvgIpc) is 2.80. The lowest BCUT2D eigenvalue weighted by atomic mass is 10.2. The van der Waals surface area contributed by atoms with E-state index < -0.39 is 0 Å². The molecule has 0 fully saturated rings. The molecule has 1 aromatic rings. The molecule has 0 atom stereocenters. The van der Waals surface area contributed by atoms with Crippen LogP contribution in [0.1, 0.15) is 12.0 Å². The molecule has 0 radical (unpaired) electrons. The summed E-state index contributed by atoms with van der Waals surface area (Å²) in [6, 6.07) is 9.85. The van der Waals surface area contributed by atoms with Crippen molar-refractivity contribution >= 4 is 5.84 Å². The van der Waals surface area contributed by atoms with Gasteiger partial charge in [0.15, 0.2) is 0 Å². The molecule has 1 aromatic carbocycles. The molecule has 0 saturated heterocycles. The van der Waals surface area contributed by atoms with Crippen molar-refractivity contribution < 1.29 is 0 Å². The number of amidine groups is 1. The van der Waals surface area contributed by atoms with E-state index in [9.17, 15) is 0 Å². The largest absolute Gasteiger partial charge is 0.383 e. The highest BCUT2D eigenvalue weighted by Gasteiger charge is 1.99. The zero-order chi connectivity index (χ0) is 10.5. The Morgan fingerprint density at radius 3 is 2.73 bits per heavy atom. The fourth-order valence-corrected chi connectivity index (χ4v) is 1.50. The number of allylic oxidation sites excluding steroid dienone is 3. The normalized spacial score (nSPS) is 15.5. The van der Waals surface area contributed by atoms with Gasteiger partial charge in [-0.3, -0.25) is 4.99 Å². The third kappa shape index (κ3) is 2.56. The summed E-state index contributed by atoms with van der Waals surface area (Å²) < 4.78 is 0. The molecule has 0 amide bonds. The quantitative estimate of drug-likeness (QED) is 0.587. The molecule has 76 valence electrons. The molecule has 0 heterocycles. The van der Waals surface area contributed by atoms with Crippen molar-refractivity contribution in [1.29, 1.82) is 0 Å². The van der Waals surface area contributed by atoms with Crippen molar-refractivity contribution in [2.45, 2.75) is 6.42 Å². The van der Waals surface area contributed by atoms with Crippen LogP contribution < -0.4 is 5.73 Å². The predicted octanol–water partition coefficient (Wildman–Crippen LogP) is 2.28. The number of rotatable bonds is 3. The van der Waals surface area contributed by atoms with E-state index in [-0.39, 0.29) is 0 Å². The molecule has 2 nitrogen and oxygen atoms in total. The molecular formula is C13H14N2. The van der Waals surface area contributed by atoms with Gasteiger partial charge in [-0.05, 0) is 12.0 Å². The predicted molar refractivity (Wildman–Crippen MR) is 63.9 cm³/mol. The number of benzene rings is 1. The molecule has 2 N–H and O–H groups in total. The Bertz CT molecular complexity index is 413. The van der Waals surface area contributed by atoms with E-state index in [0.29, 0.717) is 12.4 Å². The van der Waals surface area contributed by atoms with Crippen LogP contribution in [0, 0.1) is 0 Å². The van der Waals surface area contributed by atoms with Crippen LogP contribution >= 0.6 is 0 Å². The third-order valence-electron chi connectivity index (χ3n) is 2.37. The van der Waals surface area contributed by atoms with Gasteiger partial charge in [0.05, 0.1) is 6.54 Å². The molecule has 1 aliphatic carbocycles. The minimum absolute atomic E-state index is 0.614. The van der Waals surface area contributed by atoms with E-state index in [1.807, 2.05) is 30.3 Å². The van der Waals surface area contributed by atoms with Gasteiger partial charge in [-0.2, -0.15) is 0 Å². The second kappa shape index (κ2) is 4.60. The summed E-state index contributed by atoms with van der Waals surface area (Å²) >= 11 is 0. The Hall–Kier alpha value is -1.83. The molecule has 2 heteroatoms. The molecular weight excluding hydrogens is 184 g/mol. The topological polar surface area (TPSA) is 38.4 Å². The summed E-state index contributed by atoms with van der Waals surface area (Å²) in [7, 11) is 0. The van der Waals surface area contributed by atoms with Crippen molar-refractivity contribution in [3.63, 3.8) is 0 Å². The highest BCUT2D eigenvalue weighted by atomic mass is 14.8. The van der Waals surface area contributed by atoms with Crippen LogP contribution in [-0.2, 0) is 0 Å². The Kier molecular flexibility index (Phi) is 2.98. The van der Waals surface area contributed by atoms with Crippen molar-refractivity contribution in [3.05, 3.63) is 59.7 Å². The lowest BCUT2D eigenvalue weighted by Crippen LogP contribution is -2.13. The number of nitrogens with two attached hydrogens (primary N) is 1. The maximum absolute atomic E-state index is 5.88. The minimum atomic E-state index is 0.614. The molecule has 0 spiro atoms.